The fourth-order valence-corrected chi connectivity index (χ4v) is 2.51. The van der Waals surface area contributed by atoms with Crippen LogP contribution in [0.3, 0.4) is 0 Å². The molecule has 0 amide bonds. The molecule has 0 spiro atoms. The van der Waals surface area contributed by atoms with Crippen LogP contribution >= 0.6 is 0 Å². The molecule has 116 valence electrons. The van der Waals surface area contributed by atoms with Crippen molar-refractivity contribution >= 4 is 17.1 Å². The molecule has 0 aliphatic carbocycles. The third-order valence-corrected chi connectivity index (χ3v) is 3.53. The molecule has 2 aromatic rings. The van der Waals surface area contributed by atoms with Gasteiger partial charge in [-0.1, -0.05) is 5.92 Å². The van der Waals surface area contributed by atoms with Crippen LogP contribution in [0.4, 0.5) is 10.3 Å². The van der Waals surface area contributed by atoms with E-state index in [1.807, 2.05) is 0 Å². The van der Waals surface area contributed by atoms with E-state index in [0.29, 0.717) is 5.52 Å². The summed E-state index contributed by atoms with van der Waals surface area (Å²) < 4.78 is 21.9. The summed E-state index contributed by atoms with van der Waals surface area (Å²) in [7, 11) is 0. The van der Waals surface area contributed by atoms with Gasteiger partial charge in [-0.2, -0.15) is 4.98 Å². The van der Waals surface area contributed by atoms with Gasteiger partial charge >= 0.3 is 0 Å². The number of imidazole rings is 1. The molecule has 1 aliphatic rings. The van der Waals surface area contributed by atoms with Crippen LogP contribution in [-0.2, 0) is 4.74 Å². The first-order chi connectivity index (χ1) is 10.5. The molecule has 4 atom stereocenters. The summed E-state index contributed by atoms with van der Waals surface area (Å²) in [5.41, 5.74) is 3.78. The molecule has 3 heterocycles. The Morgan fingerprint density at radius 2 is 2.32 bits per heavy atom. The van der Waals surface area contributed by atoms with E-state index in [1.165, 1.54) is 24.0 Å². The van der Waals surface area contributed by atoms with E-state index in [4.69, 9.17) is 10.5 Å². The van der Waals surface area contributed by atoms with Crippen molar-refractivity contribution in [2.24, 2.45) is 0 Å². The van der Waals surface area contributed by atoms with Gasteiger partial charge in [0.05, 0.1) is 19.1 Å². The molecule has 1 aliphatic heterocycles. The molecule has 22 heavy (non-hydrogen) atoms. The topological polar surface area (TPSA) is 119 Å². The number of hydrogen-bond donors (Lipinski definition) is 3. The molecule has 9 heteroatoms. The van der Waals surface area contributed by atoms with Gasteiger partial charge in [0.2, 0.25) is 11.6 Å². The van der Waals surface area contributed by atoms with Crippen molar-refractivity contribution in [2.75, 3.05) is 12.3 Å². The van der Waals surface area contributed by atoms with E-state index in [2.05, 4.69) is 26.8 Å². The molecule has 0 bridgehead atoms. The van der Waals surface area contributed by atoms with E-state index in [9.17, 15) is 10.2 Å². The highest BCUT2D eigenvalue weighted by atomic mass is 19.1. The normalized spacial score (nSPS) is 31.2. The van der Waals surface area contributed by atoms with Gasteiger partial charge in [0.15, 0.2) is 11.9 Å². The van der Waals surface area contributed by atoms with Gasteiger partial charge < -0.3 is 20.7 Å². The van der Waals surface area contributed by atoms with Gasteiger partial charge in [-0.05, 0) is 6.92 Å². The lowest BCUT2D eigenvalue weighted by Gasteiger charge is -2.23. The molecule has 8 nitrogen and oxygen atoms in total. The van der Waals surface area contributed by atoms with Crippen LogP contribution in [-0.4, -0.2) is 54.2 Å². The minimum absolute atomic E-state index is 0.00228. The van der Waals surface area contributed by atoms with Crippen molar-refractivity contribution in [3.8, 4) is 11.8 Å². The molecule has 1 saturated heterocycles. The number of nitrogens with two attached hydrogens (primary N) is 1. The summed E-state index contributed by atoms with van der Waals surface area (Å²) in [4.78, 5) is 11.9. The summed E-state index contributed by atoms with van der Waals surface area (Å²) in [6.45, 7) is 0.905. The van der Waals surface area contributed by atoms with Crippen LogP contribution in [0.25, 0.3) is 11.2 Å². The highest BCUT2D eigenvalue weighted by Crippen LogP contribution is 2.42. The molecule has 0 saturated carbocycles. The van der Waals surface area contributed by atoms with Crippen molar-refractivity contribution in [1.29, 1.82) is 0 Å². The van der Waals surface area contributed by atoms with E-state index in [0.717, 1.165) is 0 Å². The fraction of sp³-hybridized carbons (Fsp3) is 0.462. The largest absolute Gasteiger partial charge is 0.394 e. The SMILES string of the molecule is CC#CC1(F)[C@@H](O)[C@@H](CO)O[C@H]1n1cnc2cnc(N)nc21. The predicted octanol–water partition coefficient (Wildman–Crippen LogP) is -0.609. The molecule has 3 rings (SSSR count). The standard InChI is InChI=1S/C13H14FN5O3/c1-2-3-13(14)9(21)8(5-20)22-11(13)19-6-17-7-4-16-12(15)18-10(7)19/h4,6,8-9,11,20-21H,5H2,1H3,(H2,15,16,18)/t8-,9+,11-,13?/m1/s1. The Morgan fingerprint density at radius 3 is 3.00 bits per heavy atom. The van der Waals surface area contributed by atoms with Gasteiger partial charge in [-0.25, -0.2) is 14.4 Å². The summed E-state index contributed by atoms with van der Waals surface area (Å²) in [5.74, 6) is 4.76. The second-order valence-electron chi connectivity index (χ2n) is 4.89. The number of aromatic nitrogens is 4. The quantitative estimate of drug-likeness (QED) is 0.633. The molecular formula is C13H14FN5O3. The number of nitrogens with zero attached hydrogens (tertiary/aromatic N) is 4. The molecule has 1 fully saturated rings. The average Bonchev–Trinajstić information content (AvgIpc) is 3.00. The zero-order valence-corrected chi connectivity index (χ0v) is 11.6. The monoisotopic (exact) mass is 307 g/mol. The van der Waals surface area contributed by atoms with Crippen molar-refractivity contribution in [2.45, 2.75) is 31.0 Å². The number of ether oxygens (including phenoxy) is 1. The van der Waals surface area contributed by atoms with Crippen molar-refractivity contribution < 1.29 is 19.3 Å². The molecule has 1 unspecified atom stereocenters. The maximum atomic E-state index is 15.2. The van der Waals surface area contributed by atoms with Gasteiger partial charge in [-0.3, -0.25) is 4.57 Å². The lowest BCUT2D eigenvalue weighted by atomic mass is 9.96. The third-order valence-electron chi connectivity index (χ3n) is 3.53. The van der Waals surface area contributed by atoms with Crippen molar-refractivity contribution in [3.63, 3.8) is 0 Å². The number of aliphatic hydroxyl groups is 2. The van der Waals surface area contributed by atoms with Crippen molar-refractivity contribution in [1.82, 2.24) is 19.5 Å². The van der Waals surface area contributed by atoms with Crippen LogP contribution in [0.1, 0.15) is 13.2 Å². The highest BCUT2D eigenvalue weighted by molar-refractivity contribution is 5.70. The van der Waals surface area contributed by atoms with Crippen LogP contribution in [0.15, 0.2) is 12.5 Å². The number of alkyl halides is 1. The number of nitrogen functional groups attached to an aromatic ring is 1. The van der Waals surface area contributed by atoms with Crippen LogP contribution in [0, 0.1) is 11.8 Å². The Hall–Kier alpha value is -2.28. The van der Waals surface area contributed by atoms with Gasteiger partial charge in [0, 0.05) is 0 Å². The smallest absolute Gasteiger partial charge is 0.243 e. The first-order valence-corrected chi connectivity index (χ1v) is 6.53. The lowest BCUT2D eigenvalue weighted by Crippen LogP contribution is -2.42. The first-order valence-electron chi connectivity index (χ1n) is 6.53. The molecule has 0 radical (unpaired) electrons. The third kappa shape index (κ3) is 2.00. The second kappa shape index (κ2) is 5.17. The second-order valence-corrected chi connectivity index (χ2v) is 4.89. The Bertz CT molecular complexity index is 770. The first kappa shape index (κ1) is 14.6. The zero-order valence-electron chi connectivity index (χ0n) is 11.6. The van der Waals surface area contributed by atoms with Crippen molar-refractivity contribution in [3.05, 3.63) is 12.5 Å². The lowest BCUT2D eigenvalue weighted by molar-refractivity contribution is -0.0504. The summed E-state index contributed by atoms with van der Waals surface area (Å²) in [6, 6.07) is 0. The highest BCUT2D eigenvalue weighted by Gasteiger charge is 2.57. The van der Waals surface area contributed by atoms with E-state index >= 15 is 4.39 Å². The van der Waals surface area contributed by atoms with Gasteiger partial charge in [0.25, 0.3) is 0 Å². The molecule has 0 aromatic carbocycles. The maximum absolute atomic E-state index is 15.2. The van der Waals surface area contributed by atoms with E-state index < -0.39 is 30.7 Å². The Balaban J connectivity index is 2.14. The minimum Gasteiger partial charge on any atom is -0.394 e. The summed E-state index contributed by atoms with van der Waals surface area (Å²) in [5, 5.41) is 19.3. The zero-order chi connectivity index (χ0) is 15.9. The van der Waals surface area contributed by atoms with Crippen LogP contribution in [0.2, 0.25) is 0 Å². The van der Waals surface area contributed by atoms with Gasteiger partial charge in [0.1, 0.15) is 17.7 Å². The average molecular weight is 307 g/mol. The van der Waals surface area contributed by atoms with Gasteiger partial charge in [-0.15, -0.1) is 5.92 Å². The van der Waals surface area contributed by atoms with Crippen LogP contribution < -0.4 is 5.73 Å². The number of halogens is 1. The number of aliphatic hydroxyl groups excluding tert-OH is 2. The molecular weight excluding hydrogens is 293 g/mol. The van der Waals surface area contributed by atoms with Crippen LogP contribution in [0.5, 0.6) is 0 Å². The number of hydrogen-bond acceptors (Lipinski definition) is 7. The van der Waals surface area contributed by atoms with E-state index in [1.54, 1.807) is 0 Å². The Labute approximate surface area is 124 Å². The number of anilines is 1. The number of rotatable bonds is 2. The Morgan fingerprint density at radius 1 is 1.55 bits per heavy atom. The Kier molecular flexibility index (Phi) is 3.44. The minimum atomic E-state index is -2.41. The summed E-state index contributed by atoms with van der Waals surface area (Å²) in [6.07, 6.45) is -1.32. The van der Waals surface area contributed by atoms with E-state index in [-0.39, 0.29) is 11.6 Å². The number of fused-ring (bicyclic) bond motifs is 1. The predicted molar refractivity (Wildman–Crippen MR) is 74.0 cm³/mol. The fourth-order valence-electron chi connectivity index (χ4n) is 2.51. The maximum Gasteiger partial charge on any atom is 0.243 e. The summed E-state index contributed by atoms with van der Waals surface area (Å²) >= 11 is 0. The molecule has 4 N–H and O–H groups in total. The molecule has 2 aromatic heterocycles.